The lowest BCUT2D eigenvalue weighted by Crippen LogP contribution is -2.43. The normalized spacial score (nSPS) is 15.3. The lowest BCUT2D eigenvalue weighted by atomic mass is 10.0. The highest BCUT2D eigenvalue weighted by atomic mass is 35.5. The van der Waals surface area contributed by atoms with Crippen LogP contribution >= 0.6 is 24.0 Å². The molecule has 1 heterocycles. The largest absolute Gasteiger partial charge is 0.371 e. The van der Waals surface area contributed by atoms with Gasteiger partial charge in [-0.15, -0.1) is 12.4 Å². The molecule has 1 N–H and O–H groups in total. The molecule has 0 saturated carbocycles. The molecular weight excluding hydrogens is 305 g/mol. The van der Waals surface area contributed by atoms with Crippen molar-refractivity contribution in [2.75, 3.05) is 18.0 Å². The smallest absolute Gasteiger partial charge is 0.314 e. The van der Waals surface area contributed by atoms with E-state index in [4.69, 9.17) is 11.6 Å². The molecule has 1 aromatic carbocycles. The summed E-state index contributed by atoms with van der Waals surface area (Å²) >= 11 is 5.28. The monoisotopic (exact) mass is 319 g/mol. The third kappa shape index (κ3) is 4.25. The molecule has 1 amide bonds. The minimum absolute atomic E-state index is 0. The molecule has 0 unspecified atom stereocenters. The van der Waals surface area contributed by atoms with E-state index in [0.29, 0.717) is 0 Å². The molecule has 1 aromatic rings. The van der Waals surface area contributed by atoms with Gasteiger partial charge >= 0.3 is 5.37 Å². The molecule has 0 radical (unpaired) electrons. The van der Waals surface area contributed by atoms with Crippen molar-refractivity contribution in [3.63, 3.8) is 0 Å². The molecule has 0 spiro atoms. The van der Waals surface area contributed by atoms with Crippen LogP contribution in [0.2, 0.25) is 0 Å². The number of nitrogens with zero attached hydrogens (tertiary/aromatic N) is 2. The third-order valence-electron chi connectivity index (χ3n) is 3.24. The number of rotatable bonds is 3. The Bertz CT molecular complexity index is 473. The van der Waals surface area contributed by atoms with Gasteiger partial charge in [0.05, 0.1) is 4.92 Å². The zero-order chi connectivity index (χ0) is 13.8. The number of benzene rings is 1. The van der Waals surface area contributed by atoms with Crippen molar-refractivity contribution in [1.29, 1.82) is 0 Å². The molecule has 2 rings (SSSR count). The molecule has 8 heteroatoms. The van der Waals surface area contributed by atoms with Gasteiger partial charge in [-0.2, -0.15) is 0 Å². The van der Waals surface area contributed by atoms with Gasteiger partial charge in [-0.1, -0.05) is 0 Å². The molecule has 1 saturated heterocycles. The number of carbonyl (C=O) groups excluding carboxylic acids is 1. The fourth-order valence-electron chi connectivity index (χ4n) is 2.23. The maximum Gasteiger partial charge on any atom is 0.314 e. The van der Waals surface area contributed by atoms with Crippen molar-refractivity contribution < 1.29 is 9.72 Å². The molecule has 20 heavy (non-hydrogen) atoms. The lowest BCUT2D eigenvalue weighted by Gasteiger charge is -2.33. The second-order valence-corrected chi connectivity index (χ2v) is 4.80. The van der Waals surface area contributed by atoms with Crippen LogP contribution in [-0.4, -0.2) is 29.4 Å². The Hall–Kier alpha value is -1.53. The summed E-state index contributed by atoms with van der Waals surface area (Å²) in [6, 6.07) is 6.61. The van der Waals surface area contributed by atoms with Crippen LogP contribution in [-0.2, 0) is 0 Å². The van der Waals surface area contributed by atoms with Crippen LogP contribution in [0.15, 0.2) is 24.3 Å². The molecule has 1 fully saturated rings. The first-order chi connectivity index (χ1) is 9.06. The molecule has 0 atom stereocenters. The van der Waals surface area contributed by atoms with E-state index in [9.17, 15) is 14.9 Å². The summed E-state index contributed by atoms with van der Waals surface area (Å²) in [5.41, 5.74) is 1.05. The Labute approximate surface area is 127 Å². The molecular formula is C12H15Cl2N3O3. The minimum Gasteiger partial charge on any atom is -0.371 e. The Morgan fingerprint density at radius 3 is 2.30 bits per heavy atom. The Kier molecular flexibility index (Phi) is 6.04. The summed E-state index contributed by atoms with van der Waals surface area (Å²) in [5.74, 6) is 0. The van der Waals surface area contributed by atoms with E-state index < -0.39 is 10.3 Å². The zero-order valence-electron chi connectivity index (χ0n) is 10.6. The maximum atomic E-state index is 10.7. The van der Waals surface area contributed by atoms with Gasteiger partial charge < -0.3 is 10.2 Å². The van der Waals surface area contributed by atoms with E-state index in [1.807, 2.05) is 0 Å². The van der Waals surface area contributed by atoms with Crippen molar-refractivity contribution in [3.8, 4) is 0 Å². The van der Waals surface area contributed by atoms with Crippen LogP contribution in [0.4, 0.5) is 16.2 Å². The van der Waals surface area contributed by atoms with Crippen LogP contribution < -0.4 is 10.2 Å². The highest BCUT2D eigenvalue weighted by Crippen LogP contribution is 2.22. The standard InChI is InChI=1S/C12H14ClN3O3.ClH/c13-12(17)14-9-5-7-15(8-6-9)10-1-3-11(4-2-10)16(18)19;/h1-4,9H,5-8H2,(H,14,17);1H. The second kappa shape index (κ2) is 7.31. The average Bonchev–Trinajstić information content (AvgIpc) is 2.39. The van der Waals surface area contributed by atoms with E-state index >= 15 is 0 Å². The first-order valence-electron chi connectivity index (χ1n) is 6.01. The third-order valence-corrected chi connectivity index (χ3v) is 3.35. The topological polar surface area (TPSA) is 75.5 Å². The molecule has 1 aliphatic heterocycles. The highest BCUT2D eigenvalue weighted by Gasteiger charge is 2.20. The van der Waals surface area contributed by atoms with E-state index in [0.717, 1.165) is 31.6 Å². The van der Waals surface area contributed by atoms with Gasteiger partial charge in [0.15, 0.2) is 0 Å². The first-order valence-corrected chi connectivity index (χ1v) is 6.39. The molecule has 1 aliphatic rings. The van der Waals surface area contributed by atoms with E-state index in [1.165, 1.54) is 12.1 Å². The summed E-state index contributed by atoms with van der Waals surface area (Å²) in [4.78, 5) is 23.0. The number of carbonyl (C=O) groups is 1. The predicted molar refractivity (Wildman–Crippen MR) is 80.0 cm³/mol. The van der Waals surface area contributed by atoms with Crippen molar-refractivity contribution in [1.82, 2.24) is 5.32 Å². The van der Waals surface area contributed by atoms with Gasteiger partial charge in [-0.05, 0) is 36.6 Å². The van der Waals surface area contributed by atoms with Gasteiger partial charge in [-0.25, -0.2) is 0 Å². The Morgan fingerprint density at radius 1 is 1.30 bits per heavy atom. The number of anilines is 1. The lowest BCUT2D eigenvalue weighted by molar-refractivity contribution is -0.384. The van der Waals surface area contributed by atoms with Crippen molar-refractivity contribution in [2.45, 2.75) is 18.9 Å². The molecule has 0 aliphatic carbocycles. The summed E-state index contributed by atoms with van der Waals surface area (Å²) in [5, 5.41) is 12.7. The van der Waals surface area contributed by atoms with Crippen molar-refractivity contribution in [3.05, 3.63) is 34.4 Å². The van der Waals surface area contributed by atoms with Gasteiger partial charge in [0.25, 0.3) is 5.69 Å². The van der Waals surface area contributed by atoms with Crippen molar-refractivity contribution >= 4 is 40.7 Å². The van der Waals surface area contributed by atoms with Crippen LogP contribution in [0.25, 0.3) is 0 Å². The van der Waals surface area contributed by atoms with E-state index in [2.05, 4.69) is 10.2 Å². The average molecular weight is 320 g/mol. The van der Waals surface area contributed by atoms with Crippen LogP contribution in [0, 0.1) is 10.1 Å². The van der Waals surface area contributed by atoms with Crippen LogP contribution in [0.1, 0.15) is 12.8 Å². The SMILES string of the molecule is Cl.O=C(Cl)NC1CCN(c2ccc([N+](=O)[O-])cc2)CC1. The number of hydrogen-bond donors (Lipinski definition) is 1. The second-order valence-electron chi connectivity index (χ2n) is 4.45. The van der Waals surface area contributed by atoms with E-state index in [1.54, 1.807) is 12.1 Å². The number of non-ortho nitro benzene ring substituents is 1. The predicted octanol–water partition coefficient (Wildman–Crippen LogP) is 2.93. The van der Waals surface area contributed by atoms with Gasteiger partial charge in [0, 0.05) is 37.0 Å². The fourth-order valence-corrected chi connectivity index (χ4v) is 2.38. The molecule has 6 nitrogen and oxygen atoms in total. The van der Waals surface area contributed by atoms with Gasteiger partial charge in [0.1, 0.15) is 0 Å². The molecule has 0 aromatic heterocycles. The minimum atomic E-state index is -0.520. The maximum absolute atomic E-state index is 10.7. The number of hydrogen-bond acceptors (Lipinski definition) is 4. The summed E-state index contributed by atoms with van der Waals surface area (Å²) in [6.45, 7) is 1.58. The number of nitro groups is 1. The fraction of sp³-hybridized carbons (Fsp3) is 0.417. The van der Waals surface area contributed by atoms with Crippen molar-refractivity contribution in [2.24, 2.45) is 0 Å². The summed E-state index contributed by atoms with van der Waals surface area (Å²) < 4.78 is 0. The Balaban J connectivity index is 0.00000200. The first kappa shape index (κ1) is 16.5. The summed E-state index contributed by atoms with van der Waals surface area (Å²) in [7, 11) is 0. The number of halogens is 2. The number of amides is 1. The van der Waals surface area contributed by atoms with E-state index in [-0.39, 0.29) is 24.1 Å². The van der Waals surface area contributed by atoms with Gasteiger partial charge in [-0.3, -0.25) is 14.9 Å². The van der Waals surface area contributed by atoms with Gasteiger partial charge in [0.2, 0.25) is 0 Å². The Morgan fingerprint density at radius 2 is 1.85 bits per heavy atom. The molecule has 0 bridgehead atoms. The zero-order valence-corrected chi connectivity index (χ0v) is 12.2. The highest BCUT2D eigenvalue weighted by molar-refractivity contribution is 6.62. The molecule has 110 valence electrons. The quantitative estimate of drug-likeness (QED) is 0.402. The number of piperidine rings is 1. The summed E-state index contributed by atoms with van der Waals surface area (Å²) in [6.07, 6.45) is 1.63. The number of nitrogens with one attached hydrogen (secondary N) is 1. The van der Waals surface area contributed by atoms with Crippen LogP contribution in [0.5, 0.6) is 0 Å². The number of nitro benzene ring substituents is 1. The van der Waals surface area contributed by atoms with Crippen LogP contribution in [0.3, 0.4) is 0 Å².